The lowest BCUT2D eigenvalue weighted by atomic mass is 9.88. The van der Waals surface area contributed by atoms with Crippen LogP contribution in [0.2, 0.25) is 0 Å². The number of sulfone groups is 1. The first-order chi connectivity index (χ1) is 8.18. The predicted molar refractivity (Wildman–Crippen MR) is 69.5 cm³/mol. The molecule has 0 amide bonds. The highest BCUT2D eigenvalue weighted by Crippen LogP contribution is 2.23. The molecular weight excluding hydrogens is 278 g/mol. The highest BCUT2D eigenvalue weighted by atomic mass is 32.2. The summed E-state index contributed by atoms with van der Waals surface area (Å²) in [6, 6.07) is 0. The van der Waals surface area contributed by atoms with Crippen molar-refractivity contribution in [2.75, 3.05) is 24.3 Å². The Labute approximate surface area is 109 Å². The number of hydrogen-bond acceptors (Lipinski definition) is 5. The third-order valence-corrected chi connectivity index (χ3v) is 5.68. The molecule has 1 aliphatic carbocycles. The second-order valence-corrected chi connectivity index (χ2v) is 9.16. The van der Waals surface area contributed by atoms with Crippen LogP contribution in [0.25, 0.3) is 0 Å². The van der Waals surface area contributed by atoms with E-state index < -0.39 is 19.9 Å². The standard InChI is InChI=1S/C10H21NO5S2/c1-17(13,14)6-7-18(15,16)11-8-9-2-4-10(12)5-3-9/h9-12H,2-8H2,1H3. The minimum atomic E-state index is -3.52. The van der Waals surface area contributed by atoms with Gasteiger partial charge in [-0.25, -0.2) is 21.6 Å². The molecule has 0 saturated heterocycles. The van der Waals surface area contributed by atoms with Gasteiger partial charge in [0.05, 0.1) is 17.6 Å². The number of aliphatic hydroxyl groups is 1. The molecule has 1 rings (SSSR count). The maximum atomic E-state index is 11.6. The van der Waals surface area contributed by atoms with Crippen molar-refractivity contribution in [3.63, 3.8) is 0 Å². The van der Waals surface area contributed by atoms with Crippen molar-refractivity contribution in [1.82, 2.24) is 4.72 Å². The van der Waals surface area contributed by atoms with Crippen LogP contribution >= 0.6 is 0 Å². The average molecular weight is 299 g/mol. The van der Waals surface area contributed by atoms with E-state index in [2.05, 4.69) is 4.72 Å². The molecule has 2 N–H and O–H groups in total. The molecule has 1 fully saturated rings. The Bertz CT molecular complexity index is 449. The highest BCUT2D eigenvalue weighted by molar-refractivity contribution is 7.93. The van der Waals surface area contributed by atoms with Gasteiger partial charge in [0.1, 0.15) is 9.84 Å². The summed E-state index contributed by atoms with van der Waals surface area (Å²) in [5.41, 5.74) is 0. The lowest BCUT2D eigenvalue weighted by Gasteiger charge is -2.25. The van der Waals surface area contributed by atoms with E-state index in [1.807, 2.05) is 0 Å². The Morgan fingerprint density at radius 2 is 1.61 bits per heavy atom. The van der Waals surface area contributed by atoms with Crippen molar-refractivity contribution in [2.24, 2.45) is 5.92 Å². The van der Waals surface area contributed by atoms with Crippen molar-refractivity contribution >= 4 is 19.9 Å². The van der Waals surface area contributed by atoms with Gasteiger partial charge in [0.15, 0.2) is 0 Å². The molecule has 0 aromatic heterocycles. The lowest BCUT2D eigenvalue weighted by Crippen LogP contribution is -2.35. The summed E-state index contributed by atoms with van der Waals surface area (Å²) in [5, 5.41) is 9.32. The minimum absolute atomic E-state index is 0.237. The van der Waals surface area contributed by atoms with E-state index in [0.717, 1.165) is 19.1 Å². The fourth-order valence-electron chi connectivity index (χ4n) is 1.93. The van der Waals surface area contributed by atoms with Gasteiger partial charge in [0.2, 0.25) is 10.0 Å². The van der Waals surface area contributed by atoms with Crippen molar-refractivity contribution < 1.29 is 21.9 Å². The molecule has 0 heterocycles. The Balaban J connectivity index is 2.33. The van der Waals surface area contributed by atoms with Gasteiger partial charge in [-0.3, -0.25) is 0 Å². The summed E-state index contributed by atoms with van der Waals surface area (Å²) < 4.78 is 47.4. The third kappa shape index (κ3) is 6.67. The molecule has 8 heteroatoms. The second kappa shape index (κ2) is 6.31. The SMILES string of the molecule is CS(=O)(=O)CCS(=O)(=O)NCC1CCC(O)CC1. The molecule has 18 heavy (non-hydrogen) atoms. The number of hydrogen-bond donors (Lipinski definition) is 2. The minimum Gasteiger partial charge on any atom is -0.393 e. The van der Waals surface area contributed by atoms with Gasteiger partial charge in [0.25, 0.3) is 0 Å². The Morgan fingerprint density at radius 3 is 2.11 bits per heavy atom. The zero-order valence-electron chi connectivity index (χ0n) is 10.5. The predicted octanol–water partition coefficient (Wildman–Crippen LogP) is -0.498. The first-order valence-corrected chi connectivity index (χ1v) is 9.72. The largest absolute Gasteiger partial charge is 0.393 e. The van der Waals surface area contributed by atoms with Crippen LogP contribution in [-0.2, 0) is 19.9 Å². The average Bonchev–Trinajstić information content (AvgIpc) is 2.25. The van der Waals surface area contributed by atoms with Gasteiger partial charge >= 0.3 is 0 Å². The number of aliphatic hydroxyl groups excluding tert-OH is 1. The molecule has 0 atom stereocenters. The summed E-state index contributed by atoms with van der Waals surface area (Å²) in [7, 11) is -6.78. The van der Waals surface area contributed by atoms with E-state index in [1.54, 1.807) is 0 Å². The topological polar surface area (TPSA) is 101 Å². The first-order valence-electron chi connectivity index (χ1n) is 6.01. The van der Waals surface area contributed by atoms with Crippen LogP contribution in [0.1, 0.15) is 25.7 Å². The number of rotatable bonds is 6. The van der Waals surface area contributed by atoms with E-state index in [-0.39, 0.29) is 23.5 Å². The molecule has 0 aromatic rings. The molecule has 0 aliphatic heterocycles. The van der Waals surface area contributed by atoms with Gasteiger partial charge in [-0.2, -0.15) is 0 Å². The van der Waals surface area contributed by atoms with E-state index in [1.165, 1.54) is 0 Å². The van der Waals surface area contributed by atoms with Crippen LogP contribution in [0.4, 0.5) is 0 Å². The molecule has 1 saturated carbocycles. The van der Waals surface area contributed by atoms with Crippen molar-refractivity contribution in [2.45, 2.75) is 31.8 Å². The molecule has 0 radical (unpaired) electrons. The lowest BCUT2D eigenvalue weighted by molar-refractivity contribution is 0.110. The monoisotopic (exact) mass is 299 g/mol. The molecule has 0 bridgehead atoms. The molecule has 6 nitrogen and oxygen atoms in total. The molecular formula is C10H21NO5S2. The van der Waals surface area contributed by atoms with Gasteiger partial charge < -0.3 is 5.11 Å². The van der Waals surface area contributed by atoms with Crippen LogP contribution < -0.4 is 4.72 Å². The van der Waals surface area contributed by atoms with Crippen LogP contribution in [0, 0.1) is 5.92 Å². The zero-order chi connectivity index (χ0) is 13.8. The molecule has 0 spiro atoms. The van der Waals surface area contributed by atoms with Crippen molar-refractivity contribution in [1.29, 1.82) is 0 Å². The summed E-state index contributed by atoms with van der Waals surface area (Å²) in [4.78, 5) is 0. The second-order valence-electron chi connectivity index (χ2n) is 4.97. The van der Waals surface area contributed by atoms with E-state index in [0.29, 0.717) is 19.4 Å². The smallest absolute Gasteiger partial charge is 0.212 e. The summed E-state index contributed by atoms with van der Waals surface area (Å²) >= 11 is 0. The Hall–Kier alpha value is -0.180. The van der Waals surface area contributed by atoms with Crippen LogP contribution in [0.15, 0.2) is 0 Å². The Morgan fingerprint density at radius 1 is 1.06 bits per heavy atom. The maximum absolute atomic E-state index is 11.6. The highest BCUT2D eigenvalue weighted by Gasteiger charge is 2.21. The summed E-state index contributed by atoms with van der Waals surface area (Å²) in [5.74, 6) is -0.506. The molecule has 0 unspecified atom stereocenters. The van der Waals surface area contributed by atoms with Gasteiger partial charge in [-0.1, -0.05) is 0 Å². The number of nitrogens with one attached hydrogen (secondary N) is 1. The number of sulfonamides is 1. The quantitative estimate of drug-likeness (QED) is 0.689. The molecule has 0 aromatic carbocycles. The first kappa shape index (κ1) is 15.9. The van der Waals surface area contributed by atoms with Gasteiger partial charge in [0, 0.05) is 12.8 Å². The van der Waals surface area contributed by atoms with Gasteiger partial charge in [-0.05, 0) is 31.6 Å². The fraction of sp³-hybridized carbons (Fsp3) is 1.00. The van der Waals surface area contributed by atoms with Gasteiger partial charge in [-0.15, -0.1) is 0 Å². The summed E-state index contributed by atoms with van der Waals surface area (Å²) in [6.45, 7) is 0.332. The molecule has 108 valence electrons. The van der Waals surface area contributed by atoms with E-state index in [4.69, 9.17) is 0 Å². The maximum Gasteiger partial charge on any atom is 0.212 e. The van der Waals surface area contributed by atoms with Crippen molar-refractivity contribution in [3.05, 3.63) is 0 Å². The van der Waals surface area contributed by atoms with Crippen LogP contribution in [-0.4, -0.2) is 52.4 Å². The Kier molecular flexibility index (Phi) is 5.57. The van der Waals surface area contributed by atoms with Crippen molar-refractivity contribution in [3.8, 4) is 0 Å². The normalized spacial score (nSPS) is 26.1. The van der Waals surface area contributed by atoms with Crippen LogP contribution in [0.5, 0.6) is 0 Å². The van der Waals surface area contributed by atoms with Crippen LogP contribution in [0.3, 0.4) is 0 Å². The fourth-order valence-corrected chi connectivity index (χ4v) is 4.65. The van der Waals surface area contributed by atoms with E-state index in [9.17, 15) is 21.9 Å². The molecule has 1 aliphatic rings. The van der Waals surface area contributed by atoms with E-state index >= 15 is 0 Å². The summed E-state index contributed by atoms with van der Waals surface area (Å²) in [6.07, 6.45) is 3.77. The third-order valence-electron chi connectivity index (χ3n) is 3.13. The zero-order valence-corrected chi connectivity index (χ0v) is 12.1.